The number of aliphatic carboxylic acids is 1. The van der Waals surface area contributed by atoms with Crippen LogP contribution in [0.3, 0.4) is 0 Å². The molecule has 0 bridgehead atoms. The van der Waals surface area contributed by atoms with Gasteiger partial charge in [0.2, 0.25) is 5.91 Å². The van der Waals surface area contributed by atoms with Gasteiger partial charge in [0.05, 0.1) is 5.92 Å². The zero-order valence-electron chi connectivity index (χ0n) is 12.7. The summed E-state index contributed by atoms with van der Waals surface area (Å²) in [4.78, 5) is 25.4. The van der Waals surface area contributed by atoms with E-state index in [9.17, 15) is 9.59 Å². The van der Waals surface area contributed by atoms with Gasteiger partial charge in [-0.2, -0.15) is 0 Å². The van der Waals surface area contributed by atoms with Crippen LogP contribution in [0, 0.1) is 17.8 Å². The molecule has 2 atom stereocenters. The predicted octanol–water partition coefficient (Wildman–Crippen LogP) is 2.91. The molecule has 0 aromatic rings. The molecule has 114 valence electrons. The van der Waals surface area contributed by atoms with Crippen LogP contribution >= 0.6 is 0 Å². The highest BCUT2D eigenvalue weighted by molar-refractivity contribution is 5.81. The van der Waals surface area contributed by atoms with Gasteiger partial charge in [-0.05, 0) is 50.9 Å². The van der Waals surface area contributed by atoms with Crippen LogP contribution in [0.15, 0.2) is 0 Å². The predicted molar refractivity (Wildman–Crippen MR) is 77.3 cm³/mol. The van der Waals surface area contributed by atoms with E-state index >= 15 is 0 Å². The van der Waals surface area contributed by atoms with Gasteiger partial charge in [-0.25, -0.2) is 0 Å². The monoisotopic (exact) mass is 281 g/mol. The number of rotatable bonds is 4. The first-order valence-electron chi connectivity index (χ1n) is 8.02. The maximum absolute atomic E-state index is 12.5. The SMILES string of the molecule is CCC1CCC(N(C)C(=O)[C@@H]2CC[C@H](C(=O)O)C2)CC1. The lowest BCUT2D eigenvalue weighted by molar-refractivity contribution is -0.141. The highest BCUT2D eigenvalue weighted by Crippen LogP contribution is 2.34. The molecular weight excluding hydrogens is 254 g/mol. The third-order valence-electron chi connectivity index (χ3n) is 5.42. The molecule has 4 nitrogen and oxygen atoms in total. The van der Waals surface area contributed by atoms with E-state index in [0.717, 1.165) is 25.2 Å². The molecule has 0 spiro atoms. The molecule has 2 rings (SSSR count). The van der Waals surface area contributed by atoms with Gasteiger partial charge in [0.15, 0.2) is 0 Å². The molecule has 0 aromatic carbocycles. The highest BCUT2D eigenvalue weighted by Gasteiger charge is 2.37. The minimum absolute atomic E-state index is 0.0648. The Kier molecular flexibility index (Phi) is 5.06. The van der Waals surface area contributed by atoms with Gasteiger partial charge in [0.25, 0.3) is 0 Å². The molecule has 4 heteroatoms. The van der Waals surface area contributed by atoms with Crippen molar-refractivity contribution in [3.05, 3.63) is 0 Å². The van der Waals surface area contributed by atoms with Gasteiger partial charge in [-0.15, -0.1) is 0 Å². The van der Waals surface area contributed by atoms with Crippen molar-refractivity contribution in [2.24, 2.45) is 17.8 Å². The van der Waals surface area contributed by atoms with Gasteiger partial charge < -0.3 is 10.0 Å². The van der Waals surface area contributed by atoms with Crippen molar-refractivity contribution < 1.29 is 14.7 Å². The van der Waals surface area contributed by atoms with Crippen molar-refractivity contribution >= 4 is 11.9 Å². The molecule has 0 unspecified atom stereocenters. The van der Waals surface area contributed by atoms with Gasteiger partial charge in [0, 0.05) is 19.0 Å². The summed E-state index contributed by atoms with van der Waals surface area (Å²) in [6.45, 7) is 2.24. The van der Waals surface area contributed by atoms with Crippen molar-refractivity contribution in [1.29, 1.82) is 0 Å². The molecule has 2 aliphatic rings. The van der Waals surface area contributed by atoms with Crippen molar-refractivity contribution in [3.63, 3.8) is 0 Å². The topological polar surface area (TPSA) is 57.6 Å². The second-order valence-corrected chi connectivity index (χ2v) is 6.58. The van der Waals surface area contributed by atoms with E-state index in [0.29, 0.717) is 18.9 Å². The molecule has 0 heterocycles. The Balaban J connectivity index is 1.85. The van der Waals surface area contributed by atoms with E-state index in [-0.39, 0.29) is 17.7 Å². The Bertz CT molecular complexity index is 361. The summed E-state index contributed by atoms with van der Waals surface area (Å²) in [5.41, 5.74) is 0. The van der Waals surface area contributed by atoms with Crippen LogP contribution in [0.4, 0.5) is 0 Å². The van der Waals surface area contributed by atoms with E-state index in [1.807, 2.05) is 11.9 Å². The first kappa shape index (κ1) is 15.3. The standard InChI is InChI=1S/C16H27NO3/c1-3-11-4-8-14(9-5-11)17(2)15(18)12-6-7-13(10-12)16(19)20/h11-14H,3-10H2,1-2H3,(H,19,20)/t11?,12-,13+,14?/m1/s1. The van der Waals surface area contributed by atoms with Crippen LogP contribution in [0.5, 0.6) is 0 Å². The molecule has 0 radical (unpaired) electrons. The lowest BCUT2D eigenvalue weighted by Gasteiger charge is -2.35. The Morgan fingerprint density at radius 3 is 2.15 bits per heavy atom. The molecule has 20 heavy (non-hydrogen) atoms. The third kappa shape index (κ3) is 3.33. The molecule has 0 saturated heterocycles. The zero-order valence-corrected chi connectivity index (χ0v) is 12.7. The summed E-state index contributed by atoms with van der Waals surface area (Å²) in [7, 11) is 1.91. The van der Waals surface area contributed by atoms with Gasteiger partial charge in [-0.1, -0.05) is 13.3 Å². The van der Waals surface area contributed by atoms with Gasteiger partial charge in [-0.3, -0.25) is 9.59 Å². The number of hydrogen-bond donors (Lipinski definition) is 1. The number of nitrogens with zero attached hydrogens (tertiary/aromatic N) is 1. The first-order valence-corrected chi connectivity index (χ1v) is 8.02. The smallest absolute Gasteiger partial charge is 0.306 e. The van der Waals surface area contributed by atoms with Crippen LogP contribution in [0.25, 0.3) is 0 Å². The normalized spacial score (nSPS) is 33.9. The van der Waals surface area contributed by atoms with Gasteiger partial charge >= 0.3 is 5.97 Å². The Morgan fingerprint density at radius 1 is 1.05 bits per heavy atom. The first-order chi connectivity index (χ1) is 9.52. The molecule has 2 aliphatic carbocycles. The summed E-state index contributed by atoms with van der Waals surface area (Å²) in [5, 5.41) is 9.03. The molecule has 1 amide bonds. The average Bonchev–Trinajstić information content (AvgIpc) is 2.96. The lowest BCUT2D eigenvalue weighted by atomic mass is 9.83. The Labute approximate surface area is 121 Å². The van der Waals surface area contributed by atoms with Crippen LogP contribution in [-0.2, 0) is 9.59 Å². The molecule has 0 aliphatic heterocycles. The highest BCUT2D eigenvalue weighted by atomic mass is 16.4. The largest absolute Gasteiger partial charge is 0.481 e. The van der Waals surface area contributed by atoms with Crippen LogP contribution in [0.2, 0.25) is 0 Å². The van der Waals surface area contributed by atoms with E-state index in [2.05, 4.69) is 6.92 Å². The molecule has 1 N–H and O–H groups in total. The Morgan fingerprint density at radius 2 is 1.65 bits per heavy atom. The zero-order chi connectivity index (χ0) is 14.7. The fraction of sp³-hybridized carbons (Fsp3) is 0.875. The second-order valence-electron chi connectivity index (χ2n) is 6.58. The summed E-state index contributed by atoms with van der Waals surface area (Å²) in [6.07, 6.45) is 7.83. The van der Waals surface area contributed by atoms with E-state index in [4.69, 9.17) is 5.11 Å². The number of hydrogen-bond acceptors (Lipinski definition) is 2. The van der Waals surface area contributed by atoms with Crippen molar-refractivity contribution in [3.8, 4) is 0 Å². The average molecular weight is 281 g/mol. The number of carbonyl (C=O) groups is 2. The number of carbonyl (C=O) groups excluding carboxylic acids is 1. The fourth-order valence-electron chi connectivity index (χ4n) is 3.84. The quantitative estimate of drug-likeness (QED) is 0.862. The van der Waals surface area contributed by atoms with Crippen LogP contribution in [0.1, 0.15) is 58.3 Å². The summed E-state index contributed by atoms with van der Waals surface area (Å²) >= 11 is 0. The van der Waals surface area contributed by atoms with Crippen LogP contribution in [-0.4, -0.2) is 35.0 Å². The minimum Gasteiger partial charge on any atom is -0.481 e. The van der Waals surface area contributed by atoms with E-state index < -0.39 is 5.97 Å². The molecular formula is C16H27NO3. The van der Waals surface area contributed by atoms with Crippen molar-refractivity contribution in [2.45, 2.75) is 64.3 Å². The van der Waals surface area contributed by atoms with E-state index in [1.165, 1.54) is 19.3 Å². The summed E-state index contributed by atoms with van der Waals surface area (Å²) < 4.78 is 0. The third-order valence-corrected chi connectivity index (χ3v) is 5.42. The lowest BCUT2D eigenvalue weighted by Crippen LogP contribution is -2.42. The number of carboxylic acids is 1. The molecule has 0 aromatic heterocycles. The van der Waals surface area contributed by atoms with Gasteiger partial charge in [0.1, 0.15) is 0 Å². The fourth-order valence-corrected chi connectivity index (χ4v) is 3.84. The minimum atomic E-state index is -0.744. The summed E-state index contributed by atoms with van der Waals surface area (Å²) in [5.74, 6) is -0.115. The number of carboxylic acid groups (broad SMARTS) is 1. The summed E-state index contributed by atoms with van der Waals surface area (Å²) in [6, 6.07) is 0.370. The molecule has 2 saturated carbocycles. The number of amides is 1. The van der Waals surface area contributed by atoms with Crippen molar-refractivity contribution in [2.75, 3.05) is 7.05 Å². The Hall–Kier alpha value is -1.06. The van der Waals surface area contributed by atoms with Crippen molar-refractivity contribution in [1.82, 2.24) is 4.90 Å². The van der Waals surface area contributed by atoms with Crippen LogP contribution < -0.4 is 0 Å². The molecule has 2 fully saturated rings. The maximum atomic E-state index is 12.5. The maximum Gasteiger partial charge on any atom is 0.306 e. The van der Waals surface area contributed by atoms with E-state index in [1.54, 1.807) is 0 Å². The second kappa shape index (κ2) is 6.59.